The van der Waals surface area contributed by atoms with Gasteiger partial charge < -0.3 is 0 Å². The smallest absolute Gasteiger partial charge is 0.246 e. The molecule has 0 fully saturated rings. The van der Waals surface area contributed by atoms with Crippen molar-refractivity contribution < 1.29 is 12.9 Å². The third-order valence-electron chi connectivity index (χ3n) is 3.56. The molecule has 0 aliphatic heterocycles. The van der Waals surface area contributed by atoms with E-state index < -0.39 is 16.1 Å². The lowest BCUT2D eigenvalue weighted by Gasteiger charge is -2.09. The molecular formula is C15H15FN4O2S. The van der Waals surface area contributed by atoms with Gasteiger partial charge >= 0.3 is 0 Å². The molecule has 3 rings (SSSR count). The standard InChI is InChI=1S/C15H15FN4O2S/c1-10-3-5-12(6-4-10)23(21,22)20-8-7-13-15(20)17-9-14(18-13)11(2)19-16/h3-9,11,19H,1-2H3. The Morgan fingerprint density at radius 2 is 1.91 bits per heavy atom. The highest BCUT2D eigenvalue weighted by molar-refractivity contribution is 7.90. The number of hydrogen-bond acceptors (Lipinski definition) is 5. The average Bonchev–Trinajstić information content (AvgIpc) is 2.98. The summed E-state index contributed by atoms with van der Waals surface area (Å²) in [5.74, 6) is 0. The fourth-order valence-electron chi connectivity index (χ4n) is 2.18. The summed E-state index contributed by atoms with van der Waals surface area (Å²) in [7, 11) is -3.75. The molecule has 0 aliphatic carbocycles. The van der Waals surface area contributed by atoms with Crippen LogP contribution in [0.3, 0.4) is 0 Å². The first-order chi connectivity index (χ1) is 10.9. The zero-order valence-electron chi connectivity index (χ0n) is 12.6. The molecule has 1 aromatic carbocycles. The Labute approximate surface area is 133 Å². The van der Waals surface area contributed by atoms with Gasteiger partial charge in [0.15, 0.2) is 5.65 Å². The first-order valence-corrected chi connectivity index (χ1v) is 8.40. The van der Waals surface area contributed by atoms with E-state index in [9.17, 15) is 12.9 Å². The van der Waals surface area contributed by atoms with Gasteiger partial charge in [-0.15, -0.1) is 4.48 Å². The van der Waals surface area contributed by atoms with Crippen LogP contribution in [0.2, 0.25) is 0 Å². The minimum atomic E-state index is -3.75. The Morgan fingerprint density at radius 1 is 1.22 bits per heavy atom. The molecule has 0 radical (unpaired) electrons. The van der Waals surface area contributed by atoms with Gasteiger partial charge in [0.05, 0.1) is 22.8 Å². The molecule has 23 heavy (non-hydrogen) atoms. The lowest BCUT2D eigenvalue weighted by atomic mass is 10.2. The molecule has 8 heteroatoms. The Hall–Kier alpha value is -2.32. The summed E-state index contributed by atoms with van der Waals surface area (Å²) in [5, 5.41) is 0. The predicted octanol–water partition coefficient (Wildman–Crippen LogP) is 2.51. The van der Waals surface area contributed by atoms with Crippen LogP contribution in [0.1, 0.15) is 24.2 Å². The van der Waals surface area contributed by atoms with Crippen LogP contribution in [-0.4, -0.2) is 22.4 Å². The second-order valence-electron chi connectivity index (χ2n) is 5.26. The molecule has 3 aromatic rings. The van der Waals surface area contributed by atoms with Gasteiger partial charge in [-0.25, -0.2) is 22.4 Å². The minimum Gasteiger partial charge on any atom is -0.246 e. The van der Waals surface area contributed by atoms with Crippen LogP contribution in [0.15, 0.2) is 47.6 Å². The summed E-state index contributed by atoms with van der Waals surface area (Å²) >= 11 is 0. The first kappa shape index (κ1) is 15.6. The van der Waals surface area contributed by atoms with Crippen LogP contribution in [0, 0.1) is 6.92 Å². The summed E-state index contributed by atoms with van der Waals surface area (Å²) < 4.78 is 39.0. The number of nitrogens with one attached hydrogen (secondary N) is 1. The summed E-state index contributed by atoms with van der Waals surface area (Å²) in [6, 6.07) is 7.49. The van der Waals surface area contributed by atoms with Crippen molar-refractivity contribution in [2.24, 2.45) is 0 Å². The van der Waals surface area contributed by atoms with E-state index in [0.717, 1.165) is 9.54 Å². The van der Waals surface area contributed by atoms with Gasteiger partial charge in [-0.3, -0.25) is 0 Å². The number of aryl methyl sites for hydroxylation is 1. The van der Waals surface area contributed by atoms with Crippen LogP contribution in [0.25, 0.3) is 11.2 Å². The molecule has 1 N–H and O–H groups in total. The third-order valence-corrected chi connectivity index (χ3v) is 5.24. The average molecular weight is 334 g/mol. The number of nitrogens with zero attached hydrogens (tertiary/aromatic N) is 3. The molecule has 1 atom stereocenters. The fourth-order valence-corrected chi connectivity index (χ4v) is 3.48. The predicted molar refractivity (Wildman–Crippen MR) is 83.9 cm³/mol. The fraction of sp³-hybridized carbons (Fsp3) is 0.200. The molecule has 2 aromatic heterocycles. The Morgan fingerprint density at radius 3 is 2.57 bits per heavy atom. The Kier molecular flexibility index (Phi) is 3.87. The summed E-state index contributed by atoms with van der Waals surface area (Å²) in [5.41, 5.74) is 3.55. The van der Waals surface area contributed by atoms with Gasteiger partial charge in [0.2, 0.25) is 0 Å². The molecule has 0 saturated carbocycles. The highest BCUT2D eigenvalue weighted by Crippen LogP contribution is 2.21. The summed E-state index contributed by atoms with van der Waals surface area (Å²) in [6.07, 6.45) is 2.76. The summed E-state index contributed by atoms with van der Waals surface area (Å²) in [4.78, 5) is 8.54. The zero-order valence-corrected chi connectivity index (χ0v) is 13.4. The van der Waals surface area contributed by atoms with Crippen molar-refractivity contribution in [3.05, 3.63) is 54.0 Å². The van der Waals surface area contributed by atoms with Gasteiger partial charge in [0.1, 0.15) is 5.52 Å². The van der Waals surface area contributed by atoms with Gasteiger partial charge in [0, 0.05) is 6.20 Å². The lowest BCUT2D eigenvalue weighted by molar-refractivity contribution is 0.282. The number of aromatic nitrogens is 3. The van der Waals surface area contributed by atoms with Crippen molar-refractivity contribution in [3.63, 3.8) is 0 Å². The van der Waals surface area contributed by atoms with E-state index in [1.165, 1.54) is 12.4 Å². The molecule has 1 unspecified atom stereocenters. The number of fused-ring (bicyclic) bond motifs is 1. The van der Waals surface area contributed by atoms with Crippen LogP contribution in [0.5, 0.6) is 0 Å². The van der Waals surface area contributed by atoms with Gasteiger partial charge in [-0.1, -0.05) is 17.7 Å². The second kappa shape index (κ2) is 5.71. The molecule has 6 nitrogen and oxygen atoms in total. The maximum Gasteiger partial charge on any atom is 0.269 e. The van der Waals surface area contributed by atoms with Gasteiger partial charge in [0.25, 0.3) is 10.0 Å². The minimum absolute atomic E-state index is 0.172. The number of benzene rings is 1. The van der Waals surface area contributed by atoms with Crippen molar-refractivity contribution in [1.82, 2.24) is 19.5 Å². The van der Waals surface area contributed by atoms with Crippen molar-refractivity contribution in [1.29, 1.82) is 0 Å². The highest BCUT2D eigenvalue weighted by atomic mass is 32.2. The largest absolute Gasteiger partial charge is 0.269 e. The quantitative estimate of drug-likeness (QED) is 0.742. The topological polar surface area (TPSA) is 76.9 Å². The lowest BCUT2D eigenvalue weighted by Crippen LogP contribution is -2.14. The molecule has 120 valence electrons. The number of hydrogen-bond donors (Lipinski definition) is 1. The van der Waals surface area contributed by atoms with E-state index in [0.29, 0.717) is 11.2 Å². The first-order valence-electron chi connectivity index (χ1n) is 6.96. The normalized spacial score (nSPS) is 13.3. The van der Waals surface area contributed by atoms with E-state index in [4.69, 9.17) is 0 Å². The SMILES string of the molecule is Cc1ccc(S(=O)(=O)n2ccc3nc(C(C)NF)cnc32)cc1. The van der Waals surface area contributed by atoms with Crippen molar-refractivity contribution in [2.45, 2.75) is 24.8 Å². The summed E-state index contributed by atoms with van der Waals surface area (Å²) in [6.45, 7) is 3.48. The van der Waals surface area contributed by atoms with E-state index in [1.54, 1.807) is 42.8 Å². The van der Waals surface area contributed by atoms with Crippen LogP contribution >= 0.6 is 0 Å². The zero-order chi connectivity index (χ0) is 16.6. The van der Waals surface area contributed by atoms with Crippen molar-refractivity contribution >= 4 is 21.2 Å². The van der Waals surface area contributed by atoms with Crippen molar-refractivity contribution in [3.8, 4) is 0 Å². The van der Waals surface area contributed by atoms with E-state index >= 15 is 0 Å². The van der Waals surface area contributed by atoms with Crippen LogP contribution in [-0.2, 0) is 10.0 Å². The molecule has 2 heterocycles. The maximum atomic E-state index is 12.7. The third kappa shape index (κ3) is 2.71. The van der Waals surface area contributed by atoms with E-state index in [1.807, 2.05) is 6.92 Å². The Bertz CT molecular complexity index is 951. The molecule has 0 bridgehead atoms. The van der Waals surface area contributed by atoms with Crippen LogP contribution < -0.4 is 5.54 Å². The highest BCUT2D eigenvalue weighted by Gasteiger charge is 2.20. The maximum absolute atomic E-state index is 12.7. The monoisotopic (exact) mass is 334 g/mol. The molecule has 0 spiro atoms. The number of halogens is 1. The molecule has 0 saturated heterocycles. The number of rotatable bonds is 4. The van der Waals surface area contributed by atoms with E-state index in [2.05, 4.69) is 9.97 Å². The van der Waals surface area contributed by atoms with Crippen LogP contribution in [0.4, 0.5) is 4.48 Å². The second-order valence-corrected chi connectivity index (χ2v) is 7.08. The van der Waals surface area contributed by atoms with Gasteiger partial charge in [-0.2, -0.15) is 5.54 Å². The van der Waals surface area contributed by atoms with Gasteiger partial charge in [-0.05, 0) is 32.0 Å². The van der Waals surface area contributed by atoms with E-state index in [-0.39, 0.29) is 10.5 Å². The molecule has 0 aliphatic rings. The van der Waals surface area contributed by atoms with Crippen molar-refractivity contribution in [2.75, 3.05) is 0 Å². The Balaban J connectivity index is 2.11. The molecular weight excluding hydrogens is 319 g/mol. The molecule has 0 amide bonds.